The van der Waals surface area contributed by atoms with Gasteiger partial charge in [-0.25, -0.2) is 9.97 Å². The van der Waals surface area contributed by atoms with Gasteiger partial charge in [-0.1, -0.05) is 127 Å². The first kappa shape index (κ1) is 29.7. The number of nitrogens with zero attached hydrogens (tertiary/aromatic N) is 4. The number of fused-ring (bicyclic) bond motifs is 10. The maximum absolute atomic E-state index is 6.34. The summed E-state index contributed by atoms with van der Waals surface area (Å²) in [7, 11) is 0. The number of furan rings is 1. The first-order valence-corrected chi connectivity index (χ1v) is 18.9. The van der Waals surface area contributed by atoms with Crippen molar-refractivity contribution < 1.29 is 4.42 Å². The summed E-state index contributed by atoms with van der Waals surface area (Å²) in [5.41, 5.74) is 12.2. The van der Waals surface area contributed by atoms with E-state index in [9.17, 15) is 0 Å². The minimum Gasteiger partial charge on any atom is -0.456 e. The molecule has 0 N–H and O–H groups in total. The Hall–Kier alpha value is -6.89. The van der Waals surface area contributed by atoms with Crippen molar-refractivity contribution >= 4 is 66.5 Å². The molecule has 5 heterocycles. The van der Waals surface area contributed by atoms with Crippen molar-refractivity contribution in [3.8, 4) is 45.3 Å². The number of rotatable bonds is 4. The minimum absolute atomic E-state index is 0.676. The van der Waals surface area contributed by atoms with E-state index in [1.807, 2.05) is 36.0 Å². The zero-order chi connectivity index (χ0) is 35.3. The molecule has 1 aliphatic heterocycles. The van der Waals surface area contributed by atoms with E-state index in [2.05, 4.69) is 155 Å². The Morgan fingerprint density at radius 2 is 1.17 bits per heavy atom. The quantitative estimate of drug-likeness (QED) is 0.183. The number of aromatic nitrogens is 4. The number of hydrogen-bond acceptors (Lipinski definition) is 4. The van der Waals surface area contributed by atoms with E-state index in [4.69, 9.17) is 14.4 Å². The molecule has 0 radical (unpaired) electrons. The predicted octanol–water partition coefficient (Wildman–Crippen LogP) is 12.9. The van der Waals surface area contributed by atoms with E-state index in [0.717, 1.165) is 72.3 Å². The van der Waals surface area contributed by atoms with Crippen LogP contribution in [0.25, 0.3) is 100 Å². The Morgan fingerprint density at radius 1 is 0.481 bits per heavy atom. The van der Waals surface area contributed by atoms with Gasteiger partial charge in [0, 0.05) is 59.1 Å². The van der Waals surface area contributed by atoms with Gasteiger partial charge in [0.2, 0.25) is 0 Å². The van der Waals surface area contributed by atoms with E-state index in [0.29, 0.717) is 5.82 Å². The first-order chi connectivity index (χ1) is 26.8. The van der Waals surface area contributed by atoms with Crippen molar-refractivity contribution in [2.75, 3.05) is 0 Å². The molecule has 252 valence electrons. The van der Waals surface area contributed by atoms with Crippen LogP contribution in [-0.4, -0.2) is 19.1 Å². The van der Waals surface area contributed by atoms with E-state index in [1.54, 1.807) is 0 Å². The van der Waals surface area contributed by atoms with Gasteiger partial charge in [-0.15, -0.1) is 0 Å². The van der Waals surface area contributed by atoms with Gasteiger partial charge >= 0.3 is 0 Å². The fourth-order valence-corrected chi connectivity index (χ4v) is 9.59. The molecule has 0 fully saturated rings. The molecule has 0 atom stereocenters. The molecule has 0 amide bonds. The highest BCUT2D eigenvalue weighted by Crippen LogP contribution is 2.51. The molecule has 0 bridgehead atoms. The molecule has 7 aromatic carbocycles. The minimum atomic E-state index is 0.676. The van der Waals surface area contributed by atoms with Crippen LogP contribution in [0.4, 0.5) is 0 Å². The molecular formula is C48H28N4OS. The van der Waals surface area contributed by atoms with Crippen molar-refractivity contribution in [1.82, 2.24) is 19.1 Å². The van der Waals surface area contributed by atoms with Gasteiger partial charge in [-0.05, 0) is 54.6 Å². The Kier molecular flexibility index (Phi) is 6.21. The van der Waals surface area contributed by atoms with Crippen LogP contribution >= 0.6 is 11.8 Å². The third-order valence-electron chi connectivity index (χ3n) is 10.7. The second kappa shape index (κ2) is 11.3. The summed E-state index contributed by atoms with van der Waals surface area (Å²) in [6.45, 7) is 0. The largest absolute Gasteiger partial charge is 0.456 e. The van der Waals surface area contributed by atoms with Crippen LogP contribution in [0.3, 0.4) is 0 Å². The molecule has 0 saturated carbocycles. The zero-order valence-electron chi connectivity index (χ0n) is 28.8. The lowest BCUT2D eigenvalue weighted by molar-refractivity contribution is 0.669. The fourth-order valence-electron chi connectivity index (χ4n) is 8.49. The summed E-state index contributed by atoms with van der Waals surface area (Å²) in [6.07, 6.45) is 0. The molecule has 0 aliphatic carbocycles. The lowest BCUT2D eigenvalue weighted by atomic mass is 10.0. The normalized spacial score (nSPS) is 12.4. The molecule has 5 nitrogen and oxygen atoms in total. The molecule has 11 aromatic rings. The summed E-state index contributed by atoms with van der Waals surface area (Å²) in [4.78, 5) is 13.3. The molecule has 12 rings (SSSR count). The summed E-state index contributed by atoms with van der Waals surface area (Å²) in [5, 5.41) is 5.66. The SMILES string of the molecule is c1ccc(-c2cc(-c3cccc4oc5ccccc5c34)nc(-c3cccc4c3c3c5cccc6c5n(c3n4-c3ccccc3)-c3ccccc3S6)n2)cc1. The average molecular weight is 709 g/mol. The van der Waals surface area contributed by atoms with Crippen LogP contribution in [0.15, 0.2) is 184 Å². The molecule has 54 heavy (non-hydrogen) atoms. The molecule has 4 aromatic heterocycles. The highest BCUT2D eigenvalue weighted by molar-refractivity contribution is 7.99. The lowest BCUT2D eigenvalue weighted by Gasteiger charge is -2.21. The van der Waals surface area contributed by atoms with Gasteiger partial charge in [0.15, 0.2) is 5.82 Å². The van der Waals surface area contributed by atoms with E-state index >= 15 is 0 Å². The van der Waals surface area contributed by atoms with E-state index < -0.39 is 0 Å². The molecule has 0 saturated heterocycles. The van der Waals surface area contributed by atoms with Crippen molar-refractivity contribution in [3.05, 3.63) is 170 Å². The van der Waals surface area contributed by atoms with Gasteiger partial charge in [-0.3, -0.25) is 9.13 Å². The third-order valence-corrected chi connectivity index (χ3v) is 11.8. The smallest absolute Gasteiger partial charge is 0.161 e. The molecule has 1 aliphatic rings. The monoisotopic (exact) mass is 708 g/mol. The van der Waals surface area contributed by atoms with Crippen LogP contribution in [0, 0.1) is 0 Å². The summed E-state index contributed by atoms with van der Waals surface area (Å²) in [5.74, 6) is 0.676. The molecule has 0 unspecified atom stereocenters. The number of benzene rings is 7. The van der Waals surface area contributed by atoms with Gasteiger partial charge in [0.25, 0.3) is 0 Å². The van der Waals surface area contributed by atoms with Crippen LogP contribution in [0.1, 0.15) is 0 Å². The topological polar surface area (TPSA) is 48.8 Å². The van der Waals surface area contributed by atoms with E-state index in [-0.39, 0.29) is 0 Å². The van der Waals surface area contributed by atoms with Crippen molar-refractivity contribution in [1.29, 1.82) is 0 Å². The Balaban J connectivity index is 1.23. The lowest BCUT2D eigenvalue weighted by Crippen LogP contribution is -2.05. The van der Waals surface area contributed by atoms with Gasteiger partial charge < -0.3 is 4.42 Å². The van der Waals surface area contributed by atoms with Gasteiger partial charge in [0.05, 0.1) is 28.1 Å². The Morgan fingerprint density at radius 3 is 2.07 bits per heavy atom. The van der Waals surface area contributed by atoms with Crippen LogP contribution < -0.4 is 0 Å². The molecule has 0 spiro atoms. The van der Waals surface area contributed by atoms with Crippen LogP contribution in [0.5, 0.6) is 0 Å². The highest BCUT2D eigenvalue weighted by atomic mass is 32.2. The van der Waals surface area contributed by atoms with Crippen molar-refractivity contribution in [2.45, 2.75) is 9.79 Å². The Labute approximate surface area is 313 Å². The second-order valence-corrected chi connectivity index (χ2v) is 14.8. The zero-order valence-corrected chi connectivity index (χ0v) is 29.6. The van der Waals surface area contributed by atoms with Crippen LogP contribution in [0.2, 0.25) is 0 Å². The maximum atomic E-state index is 6.34. The summed E-state index contributed by atoms with van der Waals surface area (Å²) in [6, 6.07) is 59.7. The third kappa shape index (κ3) is 4.17. The summed E-state index contributed by atoms with van der Waals surface area (Å²) < 4.78 is 11.2. The van der Waals surface area contributed by atoms with Crippen molar-refractivity contribution in [2.24, 2.45) is 0 Å². The maximum Gasteiger partial charge on any atom is 0.161 e. The average Bonchev–Trinajstić information content (AvgIpc) is 3.90. The highest BCUT2D eigenvalue weighted by Gasteiger charge is 2.29. The Bertz CT molecular complexity index is 3300. The standard InChI is InChI=1S/C48H28N4OS/c1-3-14-29(15-4-1)35-28-36(31-19-12-25-40-43(31)32-18-7-9-24-39(32)53-40)50-47(49-35)34-21-11-23-38-44(34)45-33-20-13-27-42-46(33)52(37-22-8-10-26-41(37)54-42)48(45)51(38)30-16-5-2-6-17-30/h1-28H. The molecular weight excluding hydrogens is 681 g/mol. The summed E-state index contributed by atoms with van der Waals surface area (Å²) >= 11 is 1.84. The number of hydrogen-bond donors (Lipinski definition) is 0. The van der Waals surface area contributed by atoms with Gasteiger partial charge in [0.1, 0.15) is 16.8 Å². The van der Waals surface area contributed by atoms with Crippen molar-refractivity contribution in [3.63, 3.8) is 0 Å². The number of para-hydroxylation sites is 4. The predicted molar refractivity (Wildman–Crippen MR) is 221 cm³/mol. The van der Waals surface area contributed by atoms with Crippen LogP contribution in [-0.2, 0) is 0 Å². The van der Waals surface area contributed by atoms with E-state index in [1.165, 1.54) is 31.8 Å². The fraction of sp³-hybridized carbons (Fsp3) is 0. The second-order valence-electron chi connectivity index (χ2n) is 13.7. The first-order valence-electron chi connectivity index (χ1n) is 18.1. The molecule has 6 heteroatoms. The van der Waals surface area contributed by atoms with Gasteiger partial charge in [-0.2, -0.15) is 0 Å².